The molecule has 0 aliphatic carbocycles. The van der Waals surface area contributed by atoms with E-state index in [1.165, 1.54) is 24.6 Å². The summed E-state index contributed by atoms with van der Waals surface area (Å²) in [6.07, 6.45) is 0. The van der Waals surface area contributed by atoms with Gasteiger partial charge in [0, 0.05) is 12.6 Å². The van der Waals surface area contributed by atoms with Gasteiger partial charge in [-0.15, -0.1) is 0 Å². The number of aromatic carboxylic acids is 1. The molecule has 22 heavy (non-hydrogen) atoms. The Labute approximate surface area is 126 Å². The maximum Gasteiger partial charge on any atom is 0.356 e. The highest BCUT2D eigenvalue weighted by Crippen LogP contribution is 2.44. The van der Waals surface area contributed by atoms with Crippen LogP contribution in [0.4, 0.5) is 4.39 Å². The van der Waals surface area contributed by atoms with Gasteiger partial charge in [-0.05, 0) is 37.6 Å². The van der Waals surface area contributed by atoms with E-state index in [9.17, 15) is 9.18 Å². The van der Waals surface area contributed by atoms with Crippen LogP contribution in [0.15, 0.2) is 18.2 Å². The van der Waals surface area contributed by atoms with Crippen molar-refractivity contribution in [2.24, 2.45) is 7.05 Å². The maximum atomic E-state index is 14.3. The summed E-state index contributed by atoms with van der Waals surface area (Å²) >= 11 is 0. The van der Waals surface area contributed by atoms with Gasteiger partial charge in [-0.1, -0.05) is 0 Å². The summed E-state index contributed by atoms with van der Waals surface area (Å²) in [5, 5.41) is 13.0. The van der Waals surface area contributed by atoms with Gasteiger partial charge >= 0.3 is 5.97 Å². The lowest BCUT2D eigenvalue weighted by atomic mass is 9.96. The molecule has 0 bridgehead atoms. The van der Waals surface area contributed by atoms with E-state index in [0.29, 0.717) is 28.3 Å². The van der Waals surface area contributed by atoms with Crippen LogP contribution in [0.5, 0.6) is 11.5 Å². The number of benzene rings is 1. The van der Waals surface area contributed by atoms with Crippen LogP contribution in [0, 0.1) is 0 Å². The average Bonchev–Trinajstić information content (AvgIpc) is 3.02. The lowest BCUT2D eigenvalue weighted by molar-refractivity contribution is 0.0689. The number of carboxylic acids is 1. The minimum Gasteiger partial charge on any atom is -0.476 e. The van der Waals surface area contributed by atoms with Crippen LogP contribution in [0.1, 0.15) is 29.9 Å². The number of ether oxygens (including phenoxy) is 2. The van der Waals surface area contributed by atoms with Gasteiger partial charge in [0.1, 0.15) is 5.67 Å². The van der Waals surface area contributed by atoms with Gasteiger partial charge < -0.3 is 14.6 Å². The number of alkyl halides is 1. The molecule has 1 aromatic carbocycles. The molecule has 0 saturated carbocycles. The van der Waals surface area contributed by atoms with Crippen LogP contribution in [0.3, 0.4) is 0 Å². The van der Waals surface area contributed by atoms with Gasteiger partial charge in [0.05, 0.1) is 5.69 Å². The molecule has 0 atom stereocenters. The molecule has 2 aromatic rings. The van der Waals surface area contributed by atoms with Crippen molar-refractivity contribution in [1.29, 1.82) is 0 Å². The summed E-state index contributed by atoms with van der Waals surface area (Å²) < 4.78 is 26.5. The fourth-order valence-corrected chi connectivity index (χ4v) is 2.37. The highest BCUT2D eigenvalue weighted by molar-refractivity contribution is 5.87. The molecule has 0 radical (unpaired) electrons. The van der Waals surface area contributed by atoms with Crippen molar-refractivity contribution in [3.05, 3.63) is 29.5 Å². The first-order chi connectivity index (χ1) is 10.3. The van der Waals surface area contributed by atoms with Crippen LogP contribution in [-0.4, -0.2) is 27.6 Å². The average molecular weight is 306 g/mol. The Morgan fingerprint density at radius 1 is 1.36 bits per heavy atom. The minimum atomic E-state index is -1.57. The van der Waals surface area contributed by atoms with E-state index in [-0.39, 0.29) is 12.5 Å². The van der Waals surface area contributed by atoms with Crippen LogP contribution in [0.2, 0.25) is 0 Å². The molecule has 1 N–H and O–H groups in total. The largest absolute Gasteiger partial charge is 0.476 e. The Hall–Kier alpha value is -2.57. The second kappa shape index (κ2) is 4.72. The molecule has 6 nitrogen and oxygen atoms in total. The number of hydrogen-bond acceptors (Lipinski definition) is 4. The number of aromatic nitrogens is 2. The second-order valence-electron chi connectivity index (χ2n) is 5.57. The number of nitrogens with zero attached hydrogens (tertiary/aromatic N) is 2. The van der Waals surface area contributed by atoms with Gasteiger partial charge in [-0.2, -0.15) is 5.10 Å². The van der Waals surface area contributed by atoms with E-state index in [1.807, 2.05) is 0 Å². The molecule has 0 saturated heterocycles. The van der Waals surface area contributed by atoms with Gasteiger partial charge in [0.25, 0.3) is 0 Å². The number of halogens is 1. The van der Waals surface area contributed by atoms with Gasteiger partial charge in [-0.3, -0.25) is 4.68 Å². The van der Waals surface area contributed by atoms with Crippen molar-refractivity contribution in [1.82, 2.24) is 9.78 Å². The smallest absolute Gasteiger partial charge is 0.356 e. The van der Waals surface area contributed by atoms with Crippen molar-refractivity contribution >= 4 is 5.97 Å². The van der Waals surface area contributed by atoms with Crippen molar-refractivity contribution in [3.63, 3.8) is 0 Å². The van der Waals surface area contributed by atoms with E-state index in [4.69, 9.17) is 14.6 Å². The first kappa shape index (κ1) is 14.4. The number of hydrogen-bond donors (Lipinski definition) is 1. The summed E-state index contributed by atoms with van der Waals surface area (Å²) in [5.41, 5.74) is -0.160. The third-order valence-corrected chi connectivity index (χ3v) is 3.53. The molecule has 0 fully saturated rings. The Morgan fingerprint density at radius 3 is 2.68 bits per heavy atom. The summed E-state index contributed by atoms with van der Waals surface area (Å²) in [6.45, 7) is 2.93. The fraction of sp³-hybridized carbons (Fsp3) is 0.333. The molecular formula is C15H15FN2O4. The van der Waals surface area contributed by atoms with Crippen LogP contribution < -0.4 is 9.47 Å². The van der Waals surface area contributed by atoms with E-state index in [0.717, 1.165) is 0 Å². The number of carboxylic acid groups (broad SMARTS) is 1. The summed E-state index contributed by atoms with van der Waals surface area (Å²) in [4.78, 5) is 11.1. The molecule has 1 aliphatic rings. The topological polar surface area (TPSA) is 73.6 Å². The Balaban J connectivity index is 2.22. The van der Waals surface area contributed by atoms with E-state index in [1.54, 1.807) is 19.2 Å². The molecule has 1 aliphatic heterocycles. The number of fused-ring (bicyclic) bond motifs is 1. The zero-order valence-corrected chi connectivity index (χ0v) is 12.4. The molecule has 0 spiro atoms. The molecule has 0 amide bonds. The zero-order valence-electron chi connectivity index (χ0n) is 12.4. The number of rotatable bonds is 3. The van der Waals surface area contributed by atoms with Crippen molar-refractivity contribution in [2.45, 2.75) is 19.5 Å². The van der Waals surface area contributed by atoms with E-state index < -0.39 is 11.6 Å². The highest BCUT2D eigenvalue weighted by Gasteiger charge is 2.28. The summed E-state index contributed by atoms with van der Waals surface area (Å²) in [6, 6.07) is 4.66. The van der Waals surface area contributed by atoms with Crippen molar-refractivity contribution < 1.29 is 23.8 Å². The van der Waals surface area contributed by atoms with Crippen LogP contribution >= 0.6 is 0 Å². The highest BCUT2D eigenvalue weighted by atomic mass is 19.1. The van der Waals surface area contributed by atoms with Gasteiger partial charge in [-0.25, -0.2) is 9.18 Å². The fourth-order valence-electron chi connectivity index (χ4n) is 2.37. The summed E-state index contributed by atoms with van der Waals surface area (Å²) in [5.74, 6) is -0.220. The normalized spacial score (nSPS) is 13.5. The predicted octanol–water partition coefficient (Wildman–Crippen LogP) is 2.72. The predicted molar refractivity (Wildman–Crippen MR) is 75.9 cm³/mol. The zero-order chi connectivity index (χ0) is 16.1. The number of carbonyl (C=O) groups is 1. The molecule has 116 valence electrons. The van der Waals surface area contributed by atoms with E-state index in [2.05, 4.69) is 5.10 Å². The lowest BCUT2D eigenvalue weighted by Crippen LogP contribution is -2.09. The molecule has 1 aromatic heterocycles. The second-order valence-corrected chi connectivity index (χ2v) is 5.57. The Kier molecular flexibility index (Phi) is 3.09. The Bertz CT molecular complexity index is 762. The van der Waals surface area contributed by atoms with Crippen molar-refractivity contribution in [2.75, 3.05) is 6.79 Å². The first-order valence-electron chi connectivity index (χ1n) is 6.68. The summed E-state index contributed by atoms with van der Waals surface area (Å²) in [7, 11) is 1.62. The van der Waals surface area contributed by atoms with Crippen LogP contribution in [-0.2, 0) is 12.7 Å². The lowest BCUT2D eigenvalue weighted by Gasteiger charge is -2.17. The SMILES string of the molecule is Cn1nc(C(=O)O)cc1-c1cc(C(C)(C)F)cc2c1OCO2. The minimum absolute atomic E-state index is 0.0438. The molecule has 7 heteroatoms. The van der Waals surface area contributed by atoms with Gasteiger partial charge in [0.2, 0.25) is 6.79 Å². The van der Waals surface area contributed by atoms with Crippen LogP contribution in [0.25, 0.3) is 11.3 Å². The first-order valence-corrected chi connectivity index (χ1v) is 6.68. The third kappa shape index (κ3) is 2.28. The molecule has 0 unspecified atom stereocenters. The quantitative estimate of drug-likeness (QED) is 0.944. The number of aryl methyl sites for hydroxylation is 1. The molecule has 2 heterocycles. The maximum absolute atomic E-state index is 14.3. The monoisotopic (exact) mass is 306 g/mol. The molecular weight excluding hydrogens is 291 g/mol. The third-order valence-electron chi connectivity index (χ3n) is 3.53. The molecule has 3 rings (SSSR count). The Morgan fingerprint density at radius 2 is 2.09 bits per heavy atom. The standard InChI is InChI=1S/C15H15FN2O4/c1-15(2,16)8-4-9(13-12(5-8)21-7-22-13)11-6-10(14(19)20)17-18(11)3/h4-6H,7H2,1-3H3,(H,19,20). The van der Waals surface area contributed by atoms with Crippen molar-refractivity contribution in [3.8, 4) is 22.8 Å². The van der Waals surface area contributed by atoms with Gasteiger partial charge in [0.15, 0.2) is 17.2 Å². The van der Waals surface area contributed by atoms with E-state index >= 15 is 0 Å².